The van der Waals surface area contributed by atoms with Gasteiger partial charge >= 0.3 is 0 Å². The van der Waals surface area contributed by atoms with Crippen molar-refractivity contribution in [2.45, 2.75) is 53.5 Å². The Hall–Kier alpha value is -3.56. The highest BCUT2D eigenvalue weighted by Crippen LogP contribution is 2.25. The average Bonchev–Trinajstić information content (AvgIpc) is 3.12. The molecule has 0 spiro atoms. The van der Waals surface area contributed by atoms with Crippen LogP contribution in [-0.4, -0.2) is 46.9 Å². The molecule has 2 aromatic carbocycles. The van der Waals surface area contributed by atoms with E-state index in [1.165, 1.54) is 0 Å². The summed E-state index contributed by atoms with van der Waals surface area (Å²) >= 11 is 6.10. The number of para-hydroxylation sites is 1. The standard InChI is InChI=1S/C30H40ClN5O4/c1-7-40-25-14-13-21(31)17-23(25)28(38)33-19-30(4,5)18-26(37)34-27-24(15-16-32-20(2)3)35(6)36(29(27)39)22-11-9-8-10-12-22/h8-14,17,20,32H,7,15-16,18-19H2,1-6H3,(H,33,38)(H,34,37). The van der Waals surface area contributed by atoms with Gasteiger partial charge in [-0.15, -0.1) is 0 Å². The lowest BCUT2D eigenvalue weighted by Gasteiger charge is -2.24. The quantitative estimate of drug-likeness (QED) is 0.280. The molecule has 0 radical (unpaired) electrons. The van der Waals surface area contributed by atoms with Crippen molar-refractivity contribution in [3.8, 4) is 11.4 Å². The molecule has 0 saturated heterocycles. The predicted octanol–water partition coefficient (Wildman–Crippen LogP) is 4.55. The first-order valence-electron chi connectivity index (χ1n) is 13.5. The molecule has 9 nitrogen and oxygen atoms in total. The summed E-state index contributed by atoms with van der Waals surface area (Å²) in [5.41, 5.74) is 1.14. The van der Waals surface area contributed by atoms with Gasteiger partial charge in [0.15, 0.2) is 0 Å². The molecule has 0 unspecified atom stereocenters. The number of rotatable bonds is 13. The van der Waals surface area contributed by atoms with Crippen molar-refractivity contribution in [3.63, 3.8) is 0 Å². The zero-order valence-corrected chi connectivity index (χ0v) is 24.9. The molecular weight excluding hydrogens is 530 g/mol. The van der Waals surface area contributed by atoms with Gasteiger partial charge in [-0.05, 0) is 42.7 Å². The Morgan fingerprint density at radius 2 is 1.80 bits per heavy atom. The minimum atomic E-state index is -0.601. The second-order valence-electron chi connectivity index (χ2n) is 10.8. The van der Waals surface area contributed by atoms with Crippen molar-refractivity contribution in [1.29, 1.82) is 0 Å². The van der Waals surface area contributed by atoms with Crippen molar-refractivity contribution in [2.75, 3.05) is 25.0 Å². The topological polar surface area (TPSA) is 106 Å². The Kier molecular flexibility index (Phi) is 10.6. The zero-order valence-electron chi connectivity index (χ0n) is 24.1. The summed E-state index contributed by atoms with van der Waals surface area (Å²) in [4.78, 5) is 39.7. The summed E-state index contributed by atoms with van der Waals surface area (Å²) in [5.74, 6) is -0.204. The number of hydrogen-bond donors (Lipinski definition) is 3. The first-order chi connectivity index (χ1) is 18.9. The van der Waals surface area contributed by atoms with Crippen LogP contribution in [0.25, 0.3) is 5.69 Å². The molecule has 10 heteroatoms. The van der Waals surface area contributed by atoms with Crippen LogP contribution in [0.1, 0.15) is 57.1 Å². The first-order valence-corrected chi connectivity index (χ1v) is 13.9. The molecule has 0 aliphatic heterocycles. The maximum absolute atomic E-state index is 13.5. The van der Waals surface area contributed by atoms with Gasteiger partial charge in [0.2, 0.25) is 5.91 Å². The molecule has 3 rings (SSSR count). The van der Waals surface area contributed by atoms with Crippen LogP contribution < -0.4 is 26.2 Å². The van der Waals surface area contributed by atoms with Crippen molar-refractivity contribution in [1.82, 2.24) is 20.0 Å². The molecule has 0 bridgehead atoms. The molecule has 0 aliphatic rings. The molecule has 2 amide bonds. The normalized spacial score (nSPS) is 11.5. The lowest BCUT2D eigenvalue weighted by Crippen LogP contribution is -2.37. The number of nitrogens with zero attached hydrogens (tertiary/aromatic N) is 2. The minimum Gasteiger partial charge on any atom is -0.493 e. The highest BCUT2D eigenvalue weighted by molar-refractivity contribution is 6.31. The summed E-state index contributed by atoms with van der Waals surface area (Å²) in [6.07, 6.45) is 0.644. The third-order valence-electron chi connectivity index (χ3n) is 6.42. The number of ether oxygens (including phenoxy) is 1. The molecule has 0 aliphatic carbocycles. The van der Waals surface area contributed by atoms with Crippen LogP contribution in [0.4, 0.5) is 5.69 Å². The van der Waals surface area contributed by atoms with Crippen LogP contribution in [0.2, 0.25) is 5.02 Å². The smallest absolute Gasteiger partial charge is 0.295 e. The van der Waals surface area contributed by atoms with Crippen molar-refractivity contribution < 1.29 is 14.3 Å². The van der Waals surface area contributed by atoms with E-state index in [-0.39, 0.29) is 36.0 Å². The lowest BCUT2D eigenvalue weighted by molar-refractivity contribution is -0.118. The predicted molar refractivity (Wildman–Crippen MR) is 160 cm³/mol. The third kappa shape index (κ3) is 7.99. The molecule has 3 aromatic rings. The monoisotopic (exact) mass is 569 g/mol. The van der Waals surface area contributed by atoms with Crippen LogP contribution in [0, 0.1) is 5.41 Å². The van der Waals surface area contributed by atoms with Gasteiger partial charge in [-0.2, -0.15) is 0 Å². The Labute approximate surface area is 240 Å². The van der Waals surface area contributed by atoms with E-state index in [2.05, 4.69) is 29.8 Å². The average molecular weight is 570 g/mol. The fourth-order valence-electron chi connectivity index (χ4n) is 4.46. The van der Waals surface area contributed by atoms with E-state index >= 15 is 0 Å². The summed E-state index contributed by atoms with van der Waals surface area (Å²) in [5, 5.41) is 9.58. The number of halogens is 1. The van der Waals surface area contributed by atoms with Gasteiger partial charge in [0.05, 0.1) is 23.6 Å². The van der Waals surface area contributed by atoms with Crippen LogP contribution in [0.15, 0.2) is 53.3 Å². The molecule has 3 N–H and O–H groups in total. The van der Waals surface area contributed by atoms with Crippen LogP contribution >= 0.6 is 11.6 Å². The minimum absolute atomic E-state index is 0.0878. The van der Waals surface area contributed by atoms with Gasteiger partial charge in [-0.1, -0.05) is 57.5 Å². The Balaban J connectivity index is 1.76. The van der Waals surface area contributed by atoms with Gasteiger partial charge in [-0.25, -0.2) is 4.68 Å². The number of benzene rings is 2. The van der Waals surface area contributed by atoms with E-state index in [1.54, 1.807) is 27.6 Å². The summed E-state index contributed by atoms with van der Waals surface area (Å²) in [6.45, 7) is 11.0. The summed E-state index contributed by atoms with van der Waals surface area (Å²) in [6, 6.07) is 14.5. The number of anilines is 1. The lowest BCUT2D eigenvalue weighted by atomic mass is 9.88. The van der Waals surface area contributed by atoms with E-state index in [1.807, 2.05) is 58.2 Å². The van der Waals surface area contributed by atoms with Gasteiger partial charge in [0.1, 0.15) is 11.4 Å². The van der Waals surface area contributed by atoms with Gasteiger partial charge < -0.3 is 20.7 Å². The second kappa shape index (κ2) is 13.7. The molecule has 40 heavy (non-hydrogen) atoms. The number of carbonyl (C=O) groups excluding carboxylic acids is 2. The van der Waals surface area contributed by atoms with E-state index < -0.39 is 5.41 Å². The Morgan fingerprint density at radius 3 is 2.45 bits per heavy atom. The Morgan fingerprint density at radius 1 is 1.10 bits per heavy atom. The van der Waals surface area contributed by atoms with Gasteiger partial charge in [0, 0.05) is 44.0 Å². The third-order valence-corrected chi connectivity index (χ3v) is 6.65. The zero-order chi connectivity index (χ0) is 29.4. The molecule has 216 valence electrons. The fourth-order valence-corrected chi connectivity index (χ4v) is 4.63. The van der Waals surface area contributed by atoms with E-state index in [9.17, 15) is 14.4 Å². The molecule has 0 fully saturated rings. The van der Waals surface area contributed by atoms with Gasteiger partial charge in [-0.3, -0.25) is 19.1 Å². The van der Waals surface area contributed by atoms with Crippen LogP contribution in [-0.2, 0) is 18.3 Å². The van der Waals surface area contributed by atoms with Crippen molar-refractivity contribution in [2.24, 2.45) is 12.5 Å². The van der Waals surface area contributed by atoms with Gasteiger partial charge in [0.25, 0.3) is 11.5 Å². The maximum Gasteiger partial charge on any atom is 0.295 e. The SMILES string of the molecule is CCOc1ccc(Cl)cc1C(=O)NCC(C)(C)CC(=O)Nc1c(CCNC(C)C)n(C)n(-c2ccccc2)c1=O. The largest absolute Gasteiger partial charge is 0.493 e. The molecule has 1 aromatic heterocycles. The molecule has 1 heterocycles. The second-order valence-corrected chi connectivity index (χ2v) is 11.2. The van der Waals surface area contributed by atoms with Crippen molar-refractivity contribution in [3.05, 3.63) is 75.2 Å². The highest BCUT2D eigenvalue weighted by atomic mass is 35.5. The van der Waals surface area contributed by atoms with Crippen LogP contribution in [0.3, 0.4) is 0 Å². The first kappa shape index (κ1) is 31.0. The highest BCUT2D eigenvalue weighted by Gasteiger charge is 2.27. The van der Waals surface area contributed by atoms with Crippen LogP contribution in [0.5, 0.6) is 5.75 Å². The fraction of sp³-hybridized carbons (Fsp3) is 0.433. The summed E-state index contributed by atoms with van der Waals surface area (Å²) < 4.78 is 8.92. The van der Waals surface area contributed by atoms with E-state index in [0.29, 0.717) is 47.6 Å². The number of hydrogen-bond acceptors (Lipinski definition) is 5. The van der Waals surface area contributed by atoms with E-state index in [4.69, 9.17) is 16.3 Å². The summed E-state index contributed by atoms with van der Waals surface area (Å²) in [7, 11) is 1.82. The molecule has 0 saturated carbocycles. The maximum atomic E-state index is 13.5. The number of aromatic nitrogens is 2. The molecule has 0 atom stereocenters. The molecular formula is C30H40ClN5O4. The number of nitrogens with one attached hydrogen (secondary N) is 3. The number of carbonyl (C=O) groups is 2. The van der Waals surface area contributed by atoms with Crippen molar-refractivity contribution >= 4 is 29.1 Å². The van der Waals surface area contributed by atoms with E-state index in [0.717, 1.165) is 5.69 Å². The Bertz CT molecular complexity index is 1380. The number of amides is 2.